The lowest BCUT2D eigenvalue weighted by atomic mass is 10.0. The number of carbonyl (C=O) groups is 1. The van der Waals surface area contributed by atoms with Gasteiger partial charge in [0, 0.05) is 11.5 Å². The van der Waals surface area contributed by atoms with Crippen molar-refractivity contribution in [2.75, 3.05) is 0 Å². The number of hydrogen-bond donors (Lipinski definition) is 0. The van der Waals surface area contributed by atoms with E-state index in [0.29, 0.717) is 5.56 Å². The maximum atomic E-state index is 14.4. The molecule has 0 aliphatic heterocycles. The molecule has 0 saturated heterocycles. The zero-order valence-corrected chi connectivity index (χ0v) is 16.1. The summed E-state index contributed by atoms with van der Waals surface area (Å²) in [6, 6.07) is 11.8. The number of halogens is 4. The Hall–Kier alpha value is -3.41. The highest BCUT2D eigenvalue weighted by molar-refractivity contribution is 5.92. The van der Waals surface area contributed by atoms with Gasteiger partial charge in [0.25, 0.3) is 6.08 Å². The molecule has 0 atom stereocenters. The third-order valence-electron chi connectivity index (χ3n) is 4.52. The van der Waals surface area contributed by atoms with Crippen LogP contribution in [0, 0.1) is 11.6 Å². The lowest BCUT2D eigenvalue weighted by Gasteiger charge is -2.09. The summed E-state index contributed by atoms with van der Waals surface area (Å²) in [7, 11) is 0. The van der Waals surface area contributed by atoms with Gasteiger partial charge in [-0.25, -0.2) is 13.6 Å². The molecular formula is C24H18F4O2. The summed E-state index contributed by atoms with van der Waals surface area (Å²) in [5.74, 6) is -2.77. The second-order valence-electron chi connectivity index (χ2n) is 6.60. The third-order valence-corrected chi connectivity index (χ3v) is 4.52. The van der Waals surface area contributed by atoms with Gasteiger partial charge in [-0.05, 0) is 67.1 Å². The molecule has 3 aromatic rings. The molecule has 0 unspecified atom stereocenters. The first-order chi connectivity index (χ1) is 14.4. The minimum absolute atomic E-state index is 0.0609. The number of fused-ring (bicyclic) bond motifs is 1. The molecule has 0 radical (unpaired) electrons. The van der Waals surface area contributed by atoms with E-state index in [1.807, 2.05) is 25.1 Å². The van der Waals surface area contributed by atoms with Crippen molar-refractivity contribution in [3.8, 4) is 5.75 Å². The van der Waals surface area contributed by atoms with E-state index in [4.69, 9.17) is 4.74 Å². The standard InChI is InChI=1S/C24H18F4O2/c1-2-3-4-5-15-6-8-16(9-7-15)24(29)30-18-10-11-19-17(12-18)13-21(25)20(23(19)28)14-22(26)27/h2-3,6-14H,4-5H2,1H3/b3-2+. The Balaban J connectivity index is 1.80. The van der Waals surface area contributed by atoms with E-state index in [9.17, 15) is 22.4 Å². The zero-order chi connectivity index (χ0) is 21.7. The molecule has 0 N–H and O–H groups in total. The van der Waals surface area contributed by atoms with E-state index in [1.54, 1.807) is 12.1 Å². The van der Waals surface area contributed by atoms with Crippen molar-refractivity contribution in [1.29, 1.82) is 0 Å². The molecule has 3 aromatic carbocycles. The highest BCUT2D eigenvalue weighted by atomic mass is 19.3. The fourth-order valence-corrected chi connectivity index (χ4v) is 3.02. The van der Waals surface area contributed by atoms with Crippen molar-refractivity contribution >= 4 is 22.8 Å². The minimum atomic E-state index is -2.20. The van der Waals surface area contributed by atoms with Crippen LogP contribution in [0.25, 0.3) is 16.8 Å². The van der Waals surface area contributed by atoms with Crippen molar-refractivity contribution in [2.24, 2.45) is 0 Å². The second kappa shape index (κ2) is 9.39. The van der Waals surface area contributed by atoms with Gasteiger partial charge in [-0.15, -0.1) is 0 Å². The first-order valence-electron chi connectivity index (χ1n) is 9.25. The highest BCUT2D eigenvalue weighted by Gasteiger charge is 2.15. The summed E-state index contributed by atoms with van der Waals surface area (Å²) in [5, 5.41) is 0.0280. The molecule has 3 rings (SSSR count). The van der Waals surface area contributed by atoms with Crippen LogP contribution < -0.4 is 4.74 Å². The maximum Gasteiger partial charge on any atom is 0.343 e. The molecule has 0 bridgehead atoms. The molecule has 0 fully saturated rings. The second-order valence-corrected chi connectivity index (χ2v) is 6.60. The largest absolute Gasteiger partial charge is 0.423 e. The van der Waals surface area contributed by atoms with Gasteiger partial charge < -0.3 is 4.74 Å². The molecule has 2 nitrogen and oxygen atoms in total. The normalized spacial score (nSPS) is 11.1. The average molecular weight is 414 g/mol. The van der Waals surface area contributed by atoms with E-state index in [2.05, 4.69) is 6.08 Å². The summed E-state index contributed by atoms with van der Waals surface area (Å²) >= 11 is 0. The summed E-state index contributed by atoms with van der Waals surface area (Å²) < 4.78 is 58.5. The average Bonchev–Trinajstić information content (AvgIpc) is 2.71. The number of benzene rings is 3. The smallest absolute Gasteiger partial charge is 0.343 e. The predicted octanol–water partition coefficient (Wildman–Crippen LogP) is 7.08. The van der Waals surface area contributed by atoms with Crippen LogP contribution in [-0.2, 0) is 6.42 Å². The number of hydrogen-bond acceptors (Lipinski definition) is 2. The number of rotatable bonds is 6. The molecule has 6 heteroatoms. The third kappa shape index (κ3) is 4.95. The molecular weight excluding hydrogens is 396 g/mol. The minimum Gasteiger partial charge on any atom is -0.423 e. The summed E-state index contributed by atoms with van der Waals surface area (Å²) in [6.07, 6.45) is 3.72. The Labute approximate surface area is 171 Å². The molecule has 0 heterocycles. The van der Waals surface area contributed by atoms with E-state index in [0.717, 1.165) is 24.5 Å². The topological polar surface area (TPSA) is 26.3 Å². The lowest BCUT2D eigenvalue weighted by Crippen LogP contribution is -2.08. The summed E-state index contributed by atoms with van der Waals surface area (Å²) in [4.78, 5) is 12.4. The lowest BCUT2D eigenvalue weighted by molar-refractivity contribution is 0.0735. The number of ether oxygens (including phenoxy) is 1. The van der Waals surface area contributed by atoms with E-state index >= 15 is 0 Å². The van der Waals surface area contributed by atoms with Gasteiger partial charge in [0.05, 0.1) is 11.1 Å². The monoisotopic (exact) mass is 414 g/mol. The van der Waals surface area contributed by atoms with Gasteiger partial charge in [-0.1, -0.05) is 24.3 Å². The number of esters is 1. The summed E-state index contributed by atoms with van der Waals surface area (Å²) in [6.45, 7) is 1.95. The summed E-state index contributed by atoms with van der Waals surface area (Å²) in [5.41, 5.74) is 0.596. The van der Waals surface area contributed by atoms with Crippen molar-refractivity contribution in [2.45, 2.75) is 19.8 Å². The first kappa shape index (κ1) is 21.3. The van der Waals surface area contributed by atoms with Crippen LogP contribution >= 0.6 is 0 Å². The van der Waals surface area contributed by atoms with Gasteiger partial charge in [0.15, 0.2) is 0 Å². The van der Waals surface area contributed by atoms with Crippen LogP contribution in [0.4, 0.5) is 17.6 Å². The van der Waals surface area contributed by atoms with Gasteiger partial charge in [-0.2, -0.15) is 8.78 Å². The van der Waals surface area contributed by atoms with Gasteiger partial charge in [0.2, 0.25) is 0 Å². The molecule has 0 aliphatic carbocycles. The Bertz CT molecular complexity index is 1130. The van der Waals surface area contributed by atoms with Crippen LogP contribution in [0.5, 0.6) is 5.75 Å². The number of aryl methyl sites for hydroxylation is 1. The number of allylic oxidation sites excluding steroid dienone is 2. The molecule has 0 saturated carbocycles. The zero-order valence-electron chi connectivity index (χ0n) is 16.1. The van der Waals surface area contributed by atoms with Gasteiger partial charge in [0.1, 0.15) is 17.4 Å². The van der Waals surface area contributed by atoms with Crippen molar-refractivity contribution in [3.63, 3.8) is 0 Å². The fraction of sp³-hybridized carbons (Fsp3) is 0.125. The van der Waals surface area contributed by atoms with E-state index < -0.39 is 29.2 Å². The molecule has 0 amide bonds. The SMILES string of the molecule is C/C=C/CCc1ccc(C(=O)Oc2ccc3c(F)c(C=C(F)F)c(F)cc3c2)cc1. The van der Waals surface area contributed by atoms with Crippen molar-refractivity contribution < 1.29 is 27.1 Å². The first-order valence-corrected chi connectivity index (χ1v) is 9.25. The van der Waals surface area contributed by atoms with Crippen LogP contribution in [0.2, 0.25) is 0 Å². The van der Waals surface area contributed by atoms with Crippen LogP contribution in [-0.4, -0.2) is 5.97 Å². The maximum absolute atomic E-state index is 14.4. The van der Waals surface area contributed by atoms with Crippen molar-refractivity contribution in [3.05, 3.63) is 95.1 Å². The molecule has 0 spiro atoms. The van der Waals surface area contributed by atoms with E-state index in [-0.39, 0.29) is 22.6 Å². The molecule has 0 aromatic heterocycles. The fourth-order valence-electron chi connectivity index (χ4n) is 3.02. The van der Waals surface area contributed by atoms with Crippen LogP contribution in [0.15, 0.2) is 66.8 Å². The molecule has 154 valence electrons. The Morgan fingerprint density at radius 3 is 2.43 bits per heavy atom. The molecule has 0 aliphatic rings. The van der Waals surface area contributed by atoms with E-state index in [1.165, 1.54) is 18.2 Å². The Morgan fingerprint density at radius 1 is 1.03 bits per heavy atom. The predicted molar refractivity (Wildman–Crippen MR) is 109 cm³/mol. The highest BCUT2D eigenvalue weighted by Crippen LogP contribution is 2.29. The van der Waals surface area contributed by atoms with Gasteiger partial charge >= 0.3 is 5.97 Å². The van der Waals surface area contributed by atoms with Crippen LogP contribution in [0.3, 0.4) is 0 Å². The van der Waals surface area contributed by atoms with Crippen molar-refractivity contribution in [1.82, 2.24) is 0 Å². The quantitative estimate of drug-likeness (QED) is 0.186. The Morgan fingerprint density at radius 2 is 1.77 bits per heavy atom. The van der Waals surface area contributed by atoms with Crippen LogP contribution in [0.1, 0.15) is 34.8 Å². The molecule has 30 heavy (non-hydrogen) atoms. The Kier molecular flexibility index (Phi) is 6.67. The van der Waals surface area contributed by atoms with Gasteiger partial charge in [-0.3, -0.25) is 0 Å². The number of carbonyl (C=O) groups excluding carboxylic acids is 1.